The lowest BCUT2D eigenvalue weighted by Crippen LogP contribution is -2.38. The molecule has 1 unspecified atom stereocenters. The van der Waals surface area contributed by atoms with Crippen molar-refractivity contribution < 1.29 is 4.74 Å². The summed E-state index contributed by atoms with van der Waals surface area (Å²) in [6.45, 7) is 4.47. The molecule has 1 aromatic carbocycles. The van der Waals surface area contributed by atoms with E-state index in [-0.39, 0.29) is 24.0 Å². The summed E-state index contributed by atoms with van der Waals surface area (Å²) in [5.41, 5.74) is 2.40. The Bertz CT molecular complexity index is 616. The van der Waals surface area contributed by atoms with E-state index < -0.39 is 0 Å². The molecule has 2 rings (SSSR count). The molecule has 0 radical (unpaired) electrons. The molecule has 0 aliphatic carbocycles. The van der Waals surface area contributed by atoms with Crippen LogP contribution in [-0.2, 0) is 17.9 Å². The Morgan fingerprint density at radius 2 is 2.00 bits per heavy atom. The van der Waals surface area contributed by atoms with Gasteiger partial charge in [0.05, 0.1) is 6.61 Å². The van der Waals surface area contributed by atoms with Gasteiger partial charge in [0.2, 0.25) is 0 Å². The average molecular weight is 459 g/mol. The molecule has 0 saturated heterocycles. The van der Waals surface area contributed by atoms with E-state index in [1.807, 2.05) is 0 Å². The molecule has 6 heteroatoms. The van der Waals surface area contributed by atoms with Crippen molar-refractivity contribution in [3.63, 3.8) is 0 Å². The number of hydrogen-bond acceptors (Lipinski definition) is 3. The van der Waals surface area contributed by atoms with E-state index in [0.29, 0.717) is 12.5 Å². The SMILES string of the molecule is CN=C(NCc1cccc(COC)c1)NCC(C)c1cccs1.I. The highest BCUT2D eigenvalue weighted by atomic mass is 127. The van der Waals surface area contributed by atoms with E-state index in [1.54, 1.807) is 25.5 Å². The minimum Gasteiger partial charge on any atom is -0.380 e. The summed E-state index contributed by atoms with van der Waals surface area (Å²) >= 11 is 1.79. The number of methoxy groups -OCH3 is 1. The van der Waals surface area contributed by atoms with Crippen molar-refractivity contribution in [1.29, 1.82) is 0 Å². The first-order chi connectivity index (χ1) is 11.2. The Balaban J connectivity index is 0.00000288. The number of nitrogens with one attached hydrogen (secondary N) is 2. The van der Waals surface area contributed by atoms with Gasteiger partial charge in [0, 0.05) is 38.0 Å². The van der Waals surface area contributed by atoms with Gasteiger partial charge in [-0.2, -0.15) is 0 Å². The lowest BCUT2D eigenvalue weighted by atomic mass is 10.1. The van der Waals surface area contributed by atoms with E-state index >= 15 is 0 Å². The predicted octanol–water partition coefficient (Wildman–Crippen LogP) is 3.98. The van der Waals surface area contributed by atoms with Crippen LogP contribution in [0.25, 0.3) is 0 Å². The number of thiophene rings is 1. The molecule has 1 heterocycles. The quantitative estimate of drug-likeness (QED) is 0.374. The lowest BCUT2D eigenvalue weighted by molar-refractivity contribution is 0.185. The Labute approximate surface area is 165 Å². The van der Waals surface area contributed by atoms with Gasteiger partial charge in [0.15, 0.2) is 5.96 Å². The monoisotopic (exact) mass is 459 g/mol. The third-order valence-electron chi connectivity index (χ3n) is 3.59. The first kappa shape index (κ1) is 20.9. The fourth-order valence-corrected chi connectivity index (χ4v) is 3.11. The molecule has 0 spiro atoms. The molecule has 132 valence electrons. The standard InChI is InChI=1S/C18H25N3OS.HI/c1-14(17-8-5-9-23-17)11-20-18(19-2)21-12-15-6-4-7-16(10-15)13-22-3;/h4-10,14H,11-13H2,1-3H3,(H2,19,20,21);1H. The van der Waals surface area contributed by atoms with E-state index in [0.717, 1.165) is 19.0 Å². The Morgan fingerprint density at radius 1 is 1.21 bits per heavy atom. The number of aliphatic imine (C=N–C) groups is 1. The molecule has 0 saturated carbocycles. The van der Waals surface area contributed by atoms with Crippen LogP contribution in [0.5, 0.6) is 0 Å². The summed E-state index contributed by atoms with van der Waals surface area (Å²) in [5, 5.41) is 8.86. The number of halogens is 1. The van der Waals surface area contributed by atoms with Crippen LogP contribution in [0.1, 0.15) is 28.8 Å². The number of guanidine groups is 1. The predicted molar refractivity (Wildman–Crippen MR) is 114 cm³/mol. The minimum atomic E-state index is 0. The minimum absolute atomic E-state index is 0. The molecule has 0 amide bonds. The molecule has 0 aliphatic heterocycles. The van der Waals surface area contributed by atoms with Gasteiger partial charge in [0.1, 0.15) is 0 Å². The third-order valence-corrected chi connectivity index (χ3v) is 4.69. The van der Waals surface area contributed by atoms with Crippen LogP contribution >= 0.6 is 35.3 Å². The molecule has 0 bridgehead atoms. The second kappa shape index (κ2) is 11.4. The maximum Gasteiger partial charge on any atom is 0.191 e. The second-order valence-electron chi connectivity index (χ2n) is 5.48. The van der Waals surface area contributed by atoms with Crippen LogP contribution < -0.4 is 10.6 Å². The Hall–Kier alpha value is -1.12. The van der Waals surface area contributed by atoms with Crippen LogP contribution in [0.15, 0.2) is 46.8 Å². The molecule has 1 atom stereocenters. The van der Waals surface area contributed by atoms with E-state index in [9.17, 15) is 0 Å². The summed E-state index contributed by atoms with van der Waals surface area (Å²) in [7, 11) is 3.51. The van der Waals surface area contributed by atoms with Gasteiger partial charge in [-0.25, -0.2) is 0 Å². The highest BCUT2D eigenvalue weighted by Crippen LogP contribution is 2.19. The van der Waals surface area contributed by atoms with Crippen LogP contribution in [0.3, 0.4) is 0 Å². The van der Waals surface area contributed by atoms with Crippen LogP contribution in [-0.4, -0.2) is 26.7 Å². The van der Waals surface area contributed by atoms with Crippen molar-refractivity contribution in [1.82, 2.24) is 10.6 Å². The van der Waals surface area contributed by atoms with Gasteiger partial charge in [-0.3, -0.25) is 4.99 Å². The number of nitrogens with zero attached hydrogens (tertiary/aromatic N) is 1. The maximum absolute atomic E-state index is 5.17. The molecule has 2 aromatic rings. The van der Waals surface area contributed by atoms with Gasteiger partial charge in [-0.1, -0.05) is 37.3 Å². The molecule has 2 N–H and O–H groups in total. The summed E-state index contributed by atoms with van der Waals surface area (Å²) < 4.78 is 5.17. The van der Waals surface area contributed by atoms with Gasteiger partial charge in [0.25, 0.3) is 0 Å². The largest absolute Gasteiger partial charge is 0.380 e. The van der Waals surface area contributed by atoms with Crippen LogP contribution in [0, 0.1) is 0 Å². The molecule has 0 fully saturated rings. The second-order valence-corrected chi connectivity index (χ2v) is 6.46. The highest BCUT2D eigenvalue weighted by Gasteiger charge is 2.07. The van der Waals surface area contributed by atoms with Gasteiger partial charge in [-0.15, -0.1) is 35.3 Å². The van der Waals surface area contributed by atoms with Gasteiger partial charge in [-0.05, 0) is 22.6 Å². The zero-order chi connectivity index (χ0) is 16.5. The van der Waals surface area contributed by atoms with Crippen LogP contribution in [0.2, 0.25) is 0 Å². The summed E-state index contributed by atoms with van der Waals surface area (Å²) in [4.78, 5) is 5.68. The number of rotatable bonds is 7. The Morgan fingerprint density at radius 3 is 2.67 bits per heavy atom. The average Bonchev–Trinajstić information content (AvgIpc) is 3.10. The smallest absolute Gasteiger partial charge is 0.191 e. The van der Waals surface area contributed by atoms with Crippen molar-refractivity contribution in [2.45, 2.75) is 26.0 Å². The maximum atomic E-state index is 5.17. The highest BCUT2D eigenvalue weighted by molar-refractivity contribution is 14.0. The Kier molecular flexibility index (Phi) is 9.97. The fraction of sp³-hybridized carbons (Fsp3) is 0.389. The number of benzene rings is 1. The number of ether oxygens (including phenoxy) is 1. The summed E-state index contributed by atoms with van der Waals surface area (Å²) in [5.74, 6) is 1.30. The molecule has 24 heavy (non-hydrogen) atoms. The van der Waals surface area contributed by atoms with E-state index in [4.69, 9.17) is 4.74 Å². The summed E-state index contributed by atoms with van der Waals surface area (Å²) in [6.07, 6.45) is 0. The molecular weight excluding hydrogens is 433 g/mol. The van der Waals surface area contributed by atoms with E-state index in [1.165, 1.54) is 16.0 Å². The molecular formula is C18H26IN3OS. The van der Waals surface area contributed by atoms with Crippen molar-refractivity contribution in [2.24, 2.45) is 4.99 Å². The van der Waals surface area contributed by atoms with Gasteiger partial charge >= 0.3 is 0 Å². The van der Waals surface area contributed by atoms with Gasteiger partial charge < -0.3 is 15.4 Å². The molecule has 0 aliphatic rings. The zero-order valence-corrected chi connectivity index (χ0v) is 17.6. The van der Waals surface area contributed by atoms with E-state index in [2.05, 4.69) is 64.3 Å². The molecule has 1 aromatic heterocycles. The normalized spacial score (nSPS) is 12.4. The number of hydrogen-bond donors (Lipinski definition) is 2. The topological polar surface area (TPSA) is 45.7 Å². The van der Waals surface area contributed by atoms with Crippen molar-refractivity contribution >= 4 is 41.3 Å². The fourth-order valence-electron chi connectivity index (χ4n) is 2.32. The lowest BCUT2D eigenvalue weighted by Gasteiger charge is -2.15. The van der Waals surface area contributed by atoms with Crippen molar-refractivity contribution in [3.05, 3.63) is 57.8 Å². The first-order valence-corrected chi connectivity index (χ1v) is 8.65. The zero-order valence-electron chi connectivity index (χ0n) is 14.4. The van der Waals surface area contributed by atoms with Crippen LogP contribution in [0.4, 0.5) is 0 Å². The first-order valence-electron chi connectivity index (χ1n) is 7.77. The summed E-state index contributed by atoms with van der Waals surface area (Å²) in [6, 6.07) is 12.7. The molecule has 4 nitrogen and oxygen atoms in total. The van der Waals surface area contributed by atoms with Crippen molar-refractivity contribution in [3.8, 4) is 0 Å². The van der Waals surface area contributed by atoms with Crippen molar-refractivity contribution in [2.75, 3.05) is 20.7 Å². The third kappa shape index (κ3) is 6.78.